The molecule has 0 fully saturated rings. The predicted molar refractivity (Wildman–Crippen MR) is 68.5 cm³/mol. The number of carbonyl (C=O) groups is 1. The van der Waals surface area contributed by atoms with Crippen LogP contribution in [0.3, 0.4) is 0 Å². The van der Waals surface area contributed by atoms with E-state index in [0.29, 0.717) is 10.7 Å². The number of ether oxygens (including phenoxy) is 1. The van der Waals surface area contributed by atoms with Gasteiger partial charge in [0.1, 0.15) is 5.15 Å². The first kappa shape index (κ1) is 14.0. The van der Waals surface area contributed by atoms with Crippen molar-refractivity contribution >= 4 is 17.6 Å². The smallest absolute Gasteiger partial charge is 0.338 e. The van der Waals surface area contributed by atoms with Crippen LogP contribution in [0.2, 0.25) is 5.15 Å². The molecule has 1 rings (SSSR count). The van der Waals surface area contributed by atoms with E-state index in [9.17, 15) is 4.79 Å². The molecule has 0 saturated heterocycles. The standard InChI is InChI=1S/C13H18ClNO2/c1-8(2)17-12(16)9-6-10(13(3,4)5)15-11(14)7-9/h6-8H,1-5H3. The molecule has 0 atom stereocenters. The van der Waals surface area contributed by atoms with Crippen LogP contribution < -0.4 is 0 Å². The van der Waals surface area contributed by atoms with E-state index in [2.05, 4.69) is 4.98 Å². The number of rotatable bonds is 2. The number of halogens is 1. The fourth-order valence-electron chi connectivity index (χ4n) is 1.28. The molecule has 0 radical (unpaired) electrons. The van der Waals surface area contributed by atoms with Gasteiger partial charge in [0.05, 0.1) is 11.7 Å². The molecule has 1 heterocycles. The molecule has 4 heteroatoms. The van der Waals surface area contributed by atoms with Crippen LogP contribution >= 0.6 is 11.6 Å². The number of nitrogens with zero attached hydrogens (tertiary/aromatic N) is 1. The second-order valence-electron chi connectivity index (χ2n) is 5.27. The highest BCUT2D eigenvalue weighted by Gasteiger charge is 2.19. The molecular weight excluding hydrogens is 238 g/mol. The largest absolute Gasteiger partial charge is 0.459 e. The summed E-state index contributed by atoms with van der Waals surface area (Å²) in [7, 11) is 0. The van der Waals surface area contributed by atoms with Gasteiger partial charge in [-0.2, -0.15) is 0 Å². The van der Waals surface area contributed by atoms with Gasteiger partial charge in [0.15, 0.2) is 0 Å². The quantitative estimate of drug-likeness (QED) is 0.599. The molecule has 3 nitrogen and oxygen atoms in total. The Kier molecular flexibility index (Phi) is 4.15. The minimum absolute atomic E-state index is 0.146. The normalized spacial score (nSPS) is 11.7. The average Bonchev–Trinajstić information content (AvgIpc) is 2.14. The molecule has 0 spiro atoms. The minimum atomic E-state index is -0.366. The maximum absolute atomic E-state index is 11.8. The number of hydrogen-bond acceptors (Lipinski definition) is 3. The van der Waals surface area contributed by atoms with E-state index in [4.69, 9.17) is 16.3 Å². The van der Waals surface area contributed by atoms with E-state index in [1.807, 2.05) is 34.6 Å². The summed E-state index contributed by atoms with van der Waals surface area (Å²) in [4.78, 5) is 16.0. The summed E-state index contributed by atoms with van der Waals surface area (Å²) in [6, 6.07) is 3.26. The van der Waals surface area contributed by atoms with E-state index in [1.54, 1.807) is 6.07 Å². The van der Waals surface area contributed by atoms with Gasteiger partial charge in [0, 0.05) is 11.1 Å². The Balaban J connectivity index is 3.10. The van der Waals surface area contributed by atoms with E-state index in [-0.39, 0.29) is 17.5 Å². The van der Waals surface area contributed by atoms with Crippen LogP contribution in [0.4, 0.5) is 0 Å². The fourth-order valence-corrected chi connectivity index (χ4v) is 1.49. The summed E-state index contributed by atoms with van der Waals surface area (Å²) in [5.74, 6) is -0.366. The van der Waals surface area contributed by atoms with Crippen LogP contribution in [-0.2, 0) is 10.2 Å². The van der Waals surface area contributed by atoms with Crippen molar-refractivity contribution in [2.45, 2.75) is 46.1 Å². The van der Waals surface area contributed by atoms with Crippen LogP contribution in [-0.4, -0.2) is 17.1 Å². The second-order valence-corrected chi connectivity index (χ2v) is 5.66. The summed E-state index contributed by atoms with van der Waals surface area (Å²) in [6.45, 7) is 9.67. The number of pyridine rings is 1. The lowest BCUT2D eigenvalue weighted by Crippen LogP contribution is -2.17. The fraction of sp³-hybridized carbons (Fsp3) is 0.538. The molecule has 0 amide bonds. The zero-order chi connectivity index (χ0) is 13.2. The summed E-state index contributed by atoms with van der Waals surface area (Å²) in [6.07, 6.45) is -0.146. The molecule has 0 aliphatic carbocycles. The maximum atomic E-state index is 11.8. The lowest BCUT2D eigenvalue weighted by Gasteiger charge is -2.18. The lowest BCUT2D eigenvalue weighted by atomic mass is 9.91. The van der Waals surface area contributed by atoms with E-state index >= 15 is 0 Å². The van der Waals surface area contributed by atoms with Crippen LogP contribution in [0.25, 0.3) is 0 Å². The topological polar surface area (TPSA) is 39.2 Å². The van der Waals surface area contributed by atoms with Gasteiger partial charge in [-0.25, -0.2) is 9.78 Å². The molecule has 0 unspecified atom stereocenters. The number of carbonyl (C=O) groups excluding carboxylic acids is 1. The first-order valence-corrected chi connectivity index (χ1v) is 5.97. The van der Waals surface area contributed by atoms with Crippen LogP contribution in [0.5, 0.6) is 0 Å². The molecule has 1 aromatic heterocycles. The van der Waals surface area contributed by atoms with Crippen LogP contribution in [0.15, 0.2) is 12.1 Å². The molecule has 0 bridgehead atoms. The van der Waals surface area contributed by atoms with Gasteiger partial charge in [-0.1, -0.05) is 32.4 Å². The highest BCUT2D eigenvalue weighted by atomic mass is 35.5. The predicted octanol–water partition coefficient (Wildman–Crippen LogP) is 3.60. The van der Waals surface area contributed by atoms with Gasteiger partial charge in [-0.15, -0.1) is 0 Å². The molecule has 0 aromatic carbocycles. The van der Waals surface area contributed by atoms with Gasteiger partial charge < -0.3 is 4.74 Å². The molecule has 0 saturated carbocycles. The Morgan fingerprint density at radius 1 is 1.35 bits per heavy atom. The highest BCUT2D eigenvalue weighted by molar-refractivity contribution is 6.29. The van der Waals surface area contributed by atoms with Crippen molar-refractivity contribution in [3.63, 3.8) is 0 Å². The van der Waals surface area contributed by atoms with Crippen molar-refractivity contribution in [3.8, 4) is 0 Å². The lowest BCUT2D eigenvalue weighted by molar-refractivity contribution is 0.0377. The first-order chi connectivity index (χ1) is 7.70. The zero-order valence-electron chi connectivity index (χ0n) is 10.9. The number of aromatic nitrogens is 1. The van der Waals surface area contributed by atoms with Gasteiger partial charge in [0.25, 0.3) is 0 Å². The average molecular weight is 256 g/mol. The SMILES string of the molecule is CC(C)OC(=O)c1cc(Cl)nc(C(C)(C)C)c1. The number of hydrogen-bond donors (Lipinski definition) is 0. The Morgan fingerprint density at radius 2 is 1.94 bits per heavy atom. The third kappa shape index (κ3) is 4.00. The van der Waals surface area contributed by atoms with Crippen molar-refractivity contribution in [3.05, 3.63) is 28.5 Å². The molecule has 0 aliphatic rings. The summed E-state index contributed by atoms with van der Waals surface area (Å²) >= 11 is 5.92. The van der Waals surface area contributed by atoms with Gasteiger partial charge in [-0.05, 0) is 26.0 Å². The Bertz CT molecular complexity index is 422. The van der Waals surface area contributed by atoms with E-state index in [0.717, 1.165) is 5.69 Å². The third-order valence-corrected chi connectivity index (χ3v) is 2.33. The molecule has 0 aliphatic heterocycles. The van der Waals surface area contributed by atoms with Gasteiger partial charge >= 0.3 is 5.97 Å². The van der Waals surface area contributed by atoms with Crippen LogP contribution in [0.1, 0.15) is 50.7 Å². The van der Waals surface area contributed by atoms with Crippen molar-refractivity contribution < 1.29 is 9.53 Å². The molecule has 1 aromatic rings. The Labute approximate surface area is 107 Å². The van der Waals surface area contributed by atoms with Crippen molar-refractivity contribution in [2.24, 2.45) is 0 Å². The van der Waals surface area contributed by atoms with Crippen molar-refractivity contribution in [1.82, 2.24) is 4.98 Å². The number of esters is 1. The van der Waals surface area contributed by atoms with Crippen molar-refractivity contribution in [2.75, 3.05) is 0 Å². The molecular formula is C13H18ClNO2. The molecule has 0 N–H and O–H groups in total. The Hall–Kier alpha value is -1.09. The monoisotopic (exact) mass is 255 g/mol. The Morgan fingerprint density at radius 3 is 2.41 bits per heavy atom. The highest BCUT2D eigenvalue weighted by Crippen LogP contribution is 2.23. The van der Waals surface area contributed by atoms with Crippen molar-refractivity contribution in [1.29, 1.82) is 0 Å². The van der Waals surface area contributed by atoms with Crippen LogP contribution in [0, 0.1) is 0 Å². The summed E-state index contributed by atoms with van der Waals surface area (Å²) in [5.41, 5.74) is 1.07. The van der Waals surface area contributed by atoms with E-state index < -0.39 is 0 Å². The zero-order valence-corrected chi connectivity index (χ0v) is 11.6. The maximum Gasteiger partial charge on any atom is 0.338 e. The summed E-state index contributed by atoms with van der Waals surface area (Å²) < 4.78 is 5.13. The second kappa shape index (κ2) is 5.05. The molecule has 17 heavy (non-hydrogen) atoms. The molecule has 94 valence electrons. The van der Waals surface area contributed by atoms with Gasteiger partial charge in [0.2, 0.25) is 0 Å². The summed E-state index contributed by atoms with van der Waals surface area (Å²) in [5, 5.41) is 0.313. The van der Waals surface area contributed by atoms with E-state index in [1.165, 1.54) is 6.07 Å². The van der Waals surface area contributed by atoms with Gasteiger partial charge in [-0.3, -0.25) is 0 Å². The third-order valence-electron chi connectivity index (χ3n) is 2.14. The minimum Gasteiger partial charge on any atom is -0.459 e. The first-order valence-electron chi connectivity index (χ1n) is 5.59.